The van der Waals surface area contributed by atoms with E-state index in [1.54, 1.807) is 6.26 Å². The Hall–Kier alpha value is -0.280. The summed E-state index contributed by atoms with van der Waals surface area (Å²) in [5.41, 5.74) is 0. The minimum absolute atomic E-state index is 0.568. The Balaban J connectivity index is 2.02. The normalized spacial score (nSPS) is 29.8. The van der Waals surface area contributed by atoms with E-state index in [-0.39, 0.29) is 0 Å². The van der Waals surface area contributed by atoms with Crippen molar-refractivity contribution in [2.45, 2.75) is 45.1 Å². The van der Waals surface area contributed by atoms with E-state index in [1.165, 1.54) is 19.3 Å². The molecule has 3 unspecified atom stereocenters. The third-order valence-corrected chi connectivity index (χ3v) is 4.35. The van der Waals surface area contributed by atoms with Gasteiger partial charge in [0.15, 0.2) is 0 Å². The van der Waals surface area contributed by atoms with Crippen LogP contribution in [0.4, 0.5) is 0 Å². The number of halogens is 1. The molecule has 1 heterocycles. The van der Waals surface area contributed by atoms with Crippen LogP contribution >= 0.6 is 15.9 Å². The van der Waals surface area contributed by atoms with Crippen LogP contribution in [0.3, 0.4) is 0 Å². The van der Waals surface area contributed by atoms with Gasteiger partial charge in [-0.25, -0.2) is 0 Å². The van der Waals surface area contributed by atoms with Crippen molar-refractivity contribution in [3.63, 3.8) is 0 Å². The van der Waals surface area contributed by atoms with Gasteiger partial charge in [-0.1, -0.05) is 13.8 Å². The largest absolute Gasteiger partial charge is 0.468 e. The molecule has 16 heavy (non-hydrogen) atoms. The molecule has 1 aromatic rings. The molecule has 0 amide bonds. The predicted octanol–water partition coefficient (Wildman–Crippen LogP) is 3.92. The molecular weight excluding hydrogens is 266 g/mol. The summed E-state index contributed by atoms with van der Waals surface area (Å²) in [5.74, 6) is 2.36. The molecule has 1 N–H and O–H groups in total. The van der Waals surface area contributed by atoms with Gasteiger partial charge in [-0.15, -0.1) is 0 Å². The molecule has 3 atom stereocenters. The molecule has 1 fully saturated rings. The Morgan fingerprint density at radius 2 is 2.31 bits per heavy atom. The average Bonchev–Trinajstić information content (AvgIpc) is 2.83. The lowest BCUT2D eigenvalue weighted by atomic mass is 9.93. The Morgan fingerprint density at radius 3 is 2.94 bits per heavy atom. The Bertz CT molecular complexity index is 336. The van der Waals surface area contributed by atoms with Crippen molar-refractivity contribution in [3.8, 4) is 0 Å². The molecule has 0 spiro atoms. The summed E-state index contributed by atoms with van der Waals surface area (Å²) in [6, 6.07) is 2.65. The highest BCUT2D eigenvalue weighted by molar-refractivity contribution is 9.10. The SMILES string of the molecule is CCCNC1CCC(c2occc2Br)C1C. The first-order valence-corrected chi connectivity index (χ1v) is 6.99. The van der Waals surface area contributed by atoms with E-state index in [9.17, 15) is 0 Å². The lowest BCUT2D eigenvalue weighted by molar-refractivity contribution is 0.365. The van der Waals surface area contributed by atoms with Gasteiger partial charge in [0, 0.05) is 12.0 Å². The summed E-state index contributed by atoms with van der Waals surface area (Å²) >= 11 is 3.56. The molecule has 3 heteroatoms. The fourth-order valence-electron chi connectivity index (χ4n) is 2.72. The van der Waals surface area contributed by atoms with Crippen LogP contribution in [0.1, 0.15) is 44.8 Å². The van der Waals surface area contributed by atoms with Crippen LogP contribution < -0.4 is 5.32 Å². The van der Waals surface area contributed by atoms with Gasteiger partial charge in [-0.2, -0.15) is 0 Å². The highest BCUT2D eigenvalue weighted by Crippen LogP contribution is 2.42. The first kappa shape index (κ1) is 12.2. The van der Waals surface area contributed by atoms with Crippen molar-refractivity contribution in [1.82, 2.24) is 5.32 Å². The van der Waals surface area contributed by atoms with Crippen molar-refractivity contribution in [2.24, 2.45) is 5.92 Å². The van der Waals surface area contributed by atoms with Crippen LogP contribution in [0.15, 0.2) is 21.2 Å². The van der Waals surface area contributed by atoms with Gasteiger partial charge >= 0.3 is 0 Å². The van der Waals surface area contributed by atoms with Crippen LogP contribution in [0, 0.1) is 5.92 Å². The first-order chi connectivity index (χ1) is 7.74. The predicted molar refractivity (Wildman–Crippen MR) is 69.6 cm³/mol. The van der Waals surface area contributed by atoms with Crippen LogP contribution in [-0.4, -0.2) is 12.6 Å². The number of hydrogen-bond acceptors (Lipinski definition) is 2. The monoisotopic (exact) mass is 285 g/mol. The van der Waals surface area contributed by atoms with Crippen molar-refractivity contribution >= 4 is 15.9 Å². The van der Waals surface area contributed by atoms with E-state index in [4.69, 9.17) is 4.42 Å². The zero-order valence-corrected chi connectivity index (χ0v) is 11.6. The maximum atomic E-state index is 5.60. The highest BCUT2D eigenvalue weighted by atomic mass is 79.9. The minimum Gasteiger partial charge on any atom is -0.468 e. The second kappa shape index (κ2) is 5.37. The standard InChI is InChI=1S/C13H20BrNO/c1-3-7-15-12-5-4-10(9(12)2)13-11(14)6-8-16-13/h6,8-10,12,15H,3-5,7H2,1-2H3. The third-order valence-electron chi connectivity index (χ3n) is 3.70. The van der Waals surface area contributed by atoms with Gasteiger partial charge in [0.25, 0.3) is 0 Å². The van der Waals surface area contributed by atoms with Gasteiger partial charge in [0.05, 0.1) is 10.7 Å². The molecule has 0 saturated heterocycles. The fourth-order valence-corrected chi connectivity index (χ4v) is 3.22. The zero-order chi connectivity index (χ0) is 11.5. The summed E-state index contributed by atoms with van der Waals surface area (Å²) in [6.45, 7) is 5.67. The molecule has 0 aromatic carbocycles. The van der Waals surface area contributed by atoms with Gasteiger partial charge in [-0.05, 0) is 53.7 Å². The number of rotatable bonds is 4. The van der Waals surface area contributed by atoms with E-state index in [0.717, 1.165) is 16.8 Å². The van der Waals surface area contributed by atoms with Crippen molar-refractivity contribution in [2.75, 3.05) is 6.54 Å². The number of nitrogens with one attached hydrogen (secondary N) is 1. The molecule has 0 aliphatic heterocycles. The fraction of sp³-hybridized carbons (Fsp3) is 0.692. The molecule has 2 rings (SSSR count). The molecule has 0 bridgehead atoms. The molecule has 2 nitrogen and oxygen atoms in total. The van der Waals surface area contributed by atoms with Crippen molar-refractivity contribution < 1.29 is 4.42 Å². The second-order valence-corrected chi connectivity index (χ2v) is 5.59. The van der Waals surface area contributed by atoms with Gasteiger partial charge in [0.1, 0.15) is 5.76 Å². The van der Waals surface area contributed by atoms with Crippen LogP contribution in [-0.2, 0) is 0 Å². The Kier molecular flexibility index (Phi) is 4.09. The summed E-state index contributed by atoms with van der Waals surface area (Å²) in [6.07, 6.45) is 5.48. The molecule has 90 valence electrons. The smallest absolute Gasteiger partial charge is 0.121 e. The van der Waals surface area contributed by atoms with Crippen molar-refractivity contribution in [1.29, 1.82) is 0 Å². The second-order valence-electron chi connectivity index (χ2n) is 4.74. The van der Waals surface area contributed by atoms with Crippen LogP contribution in [0.2, 0.25) is 0 Å². The maximum Gasteiger partial charge on any atom is 0.121 e. The van der Waals surface area contributed by atoms with Crippen molar-refractivity contribution in [3.05, 3.63) is 22.6 Å². The van der Waals surface area contributed by atoms with E-state index in [1.807, 2.05) is 6.07 Å². The van der Waals surface area contributed by atoms with Gasteiger partial charge < -0.3 is 9.73 Å². The van der Waals surface area contributed by atoms with Crippen LogP contribution in [0.25, 0.3) is 0 Å². The van der Waals surface area contributed by atoms with E-state index < -0.39 is 0 Å². The van der Waals surface area contributed by atoms with Crippen LogP contribution in [0.5, 0.6) is 0 Å². The third kappa shape index (κ3) is 2.35. The van der Waals surface area contributed by atoms with Gasteiger partial charge in [0.2, 0.25) is 0 Å². The lowest BCUT2D eigenvalue weighted by Crippen LogP contribution is -2.32. The van der Waals surface area contributed by atoms with E-state index in [2.05, 4.69) is 35.1 Å². The maximum absolute atomic E-state index is 5.60. The zero-order valence-electron chi connectivity index (χ0n) is 10.0. The first-order valence-electron chi connectivity index (χ1n) is 6.20. The molecular formula is C13H20BrNO. The summed E-state index contributed by atoms with van der Waals surface area (Å²) in [4.78, 5) is 0. The highest BCUT2D eigenvalue weighted by Gasteiger charge is 2.35. The lowest BCUT2D eigenvalue weighted by Gasteiger charge is -2.20. The summed E-state index contributed by atoms with van der Waals surface area (Å²) in [7, 11) is 0. The Morgan fingerprint density at radius 1 is 1.50 bits per heavy atom. The molecule has 1 aromatic heterocycles. The van der Waals surface area contributed by atoms with Gasteiger partial charge in [-0.3, -0.25) is 0 Å². The summed E-state index contributed by atoms with van der Waals surface area (Å²) in [5, 5.41) is 3.64. The molecule has 1 aliphatic rings. The Labute approximate surface area is 106 Å². The number of furan rings is 1. The molecule has 0 radical (unpaired) electrons. The minimum atomic E-state index is 0.568. The van der Waals surface area contributed by atoms with E-state index in [0.29, 0.717) is 17.9 Å². The topological polar surface area (TPSA) is 25.2 Å². The number of hydrogen-bond donors (Lipinski definition) is 1. The average molecular weight is 286 g/mol. The summed E-state index contributed by atoms with van der Waals surface area (Å²) < 4.78 is 6.72. The molecule has 1 aliphatic carbocycles. The van der Waals surface area contributed by atoms with E-state index >= 15 is 0 Å². The quantitative estimate of drug-likeness (QED) is 0.907. The molecule has 1 saturated carbocycles.